The van der Waals surface area contributed by atoms with Crippen LogP contribution >= 0.6 is 15.9 Å². The minimum Gasteiger partial charge on any atom is -0.494 e. The Kier molecular flexibility index (Phi) is 8.32. The second-order valence-corrected chi connectivity index (χ2v) is 7.30. The third kappa shape index (κ3) is 6.88. The van der Waals surface area contributed by atoms with E-state index in [1.165, 1.54) is 0 Å². The van der Waals surface area contributed by atoms with Gasteiger partial charge in [-0.3, -0.25) is 4.79 Å². The summed E-state index contributed by atoms with van der Waals surface area (Å²) >= 11 is 3.39. The van der Waals surface area contributed by atoms with E-state index in [9.17, 15) is 9.59 Å². The van der Waals surface area contributed by atoms with Crippen molar-refractivity contribution in [1.82, 2.24) is 10.6 Å². The van der Waals surface area contributed by atoms with Crippen molar-refractivity contribution in [2.24, 2.45) is 0 Å². The number of carbonyl (C=O) groups is 2. The molecule has 0 fully saturated rings. The molecule has 3 N–H and O–H groups in total. The average Bonchev–Trinajstić information content (AvgIpc) is 2.65. The van der Waals surface area contributed by atoms with Crippen LogP contribution in [0.5, 0.6) is 5.75 Å². The number of urea groups is 1. The van der Waals surface area contributed by atoms with Crippen LogP contribution in [0.25, 0.3) is 0 Å². The van der Waals surface area contributed by atoms with E-state index in [2.05, 4.69) is 31.9 Å². The molecule has 0 radical (unpaired) electrons. The molecule has 7 heteroatoms. The zero-order valence-electron chi connectivity index (χ0n) is 16.3. The Morgan fingerprint density at radius 1 is 1.14 bits per heavy atom. The smallest absolute Gasteiger partial charge is 0.315 e. The molecular formula is C21H26BrN3O3. The summed E-state index contributed by atoms with van der Waals surface area (Å²) in [6.07, 6.45) is 0.195. The van der Waals surface area contributed by atoms with E-state index in [0.29, 0.717) is 6.61 Å². The number of aryl methyl sites for hydroxylation is 1. The molecule has 0 spiro atoms. The predicted molar refractivity (Wildman–Crippen MR) is 115 cm³/mol. The first-order valence-electron chi connectivity index (χ1n) is 9.22. The highest BCUT2D eigenvalue weighted by Crippen LogP contribution is 2.20. The molecule has 6 nitrogen and oxygen atoms in total. The van der Waals surface area contributed by atoms with Gasteiger partial charge < -0.3 is 20.7 Å². The summed E-state index contributed by atoms with van der Waals surface area (Å²) < 4.78 is 6.37. The zero-order valence-corrected chi connectivity index (χ0v) is 17.9. The summed E-state index contributed by atoms with van der Waals surface area (Å²) in [6, 6.07) is 12.8. The highest BCUT2D eigenvalue weighted by atomic mass is 79.9. The van der Waals surface area contributed by atoms with Crippen LogP contribution < -0.4 is 20.7 Å². The predicted octanol–water partition coefficient (Wildman–Crippen LogP) is 4.55. The molecule has 150 valence electrons. The highest BCUT2D eigenvalue weighted by Gasteiger charge is 2.10. The van der Waals surface area contributed by atoms with Crippen molar-refractivity contribution in [3.05, 3.63) is 58.1 Å². The van der Waals surface area contributed by atoms with Gasteiger partial charge in [-0.25, -0.2) is 4.79 Å². The molecule has 0 aliphatic rings. The molecule has 2 aromatic rings. The highest BCUT2D eigenvalue weighted by molar-refractivity contribution is 9.10. The largest absolute Gasteiger partial charge is 0.494 e. The van der Waals surface area contributed by atoms with Gasteiger partial charge >= 0.3 is 6.03 Å². The second kappa shape index (κ2) is 10.7. The topological polar surface area (TPSA) is 79.5 Å². The van der Waals surface area contributed by atoms with Crippen molar-refractivity contribution in [1.29, 1.82) is 0 Å². The van der Waals surface area contributed by atoms with Crippen molar-refractivity contribution in [2.45, 2.75) is 33.2 Å². The lowest BCUT2D eigenvalue weighted by atomic mass is 10.1. The van der Waals surface area contributed by atoms with Gasteiger partial charge in [0.25, 0.3) is 0 Å². The number of benzene rings is 2. The minimum absolute atomic E-state index is 0.148. The van der Waals surface area contributed by atoms with E-state index in [1.807, 2.05) is 63.2 Å². The molecular weight excluding hydrogens is 422 g/mol. The number of ether oxygens (including phenoxy) is 1. The van der Waals surface area contributed by atoms with Crippen molar-refractivity contribution in [3.63, 3.8) is 0 Å². The maximum absolute atomic E-state index is 12.1. The monoisotopic (exact) mass is 447 g/mol. The fourth-order valence-electron chi connectivity index (χ4n) is 2.62. The maximum Gasteiger partial charge on any atom is 0.315 e. The Bertz CT molecular complexity index is 809. The molecule has 2 aromatic carbocycles. The summed E-state index contributed by atoms with van der Waals surface area (Å²) in [7, 11) is 0. The second-order valence-electron chi connectivity index (χ2n) is 6.38. The Labute approximate surface area is 174 Å². The summed E-state index contributed by atoms with van der Waals surface area (Å²) in [5, 5.41) is 8.42. The lowest BCUT2D eigenvalue weighted by molar-refractivity contribution is -0.116. The van der Waals surface area contributed by atoms with Crippen LogP contribution in [0.4, 0.5) is 10.5 Å². The van der Waals surface area contributed by atoms with Gasteiger partial charge in [-0.1, -0.05) is 28.1 Å². The van der Waals surface area contributed by atoms with E-state index < -0.39 is 0 Å². The van der Waals surface area contributed by atoms with Gasteiger partial charge in [-0.05, 0) is 62.2 Å². The van der Waals surface area contributed by atoms with Crippen LogP contribution in [0, 0.1) is 6.92 Å². The molecule has 0 aliphatic carbocycles. The van der Waals surface area contributed by atoms with Gasteiger partial charge in [0, 0.05) is 23.1 Å². The Hall–Kier alpha value is -2.54. The molecule has 3 amide bonds. The zero-order chi connectivity index (χ0) is 20.5. The molecule has 0 aliphatic heterocycles. The quantitative estimate of drug-likeness (QED) is 0.555. The number of halogens is 1. The van der Waals surface area contributed by atoms with Gasteiger partial charge in [-0.15, -0.1) is 0 Å². The van der Waals surface area contributed by atoms with E-state index >= 15 is 0 Å². The summed E-state index contributed by atoms with van der Waals surface area (Å²) in [5.41, 5.74) is 2.71. The fraction of sp³-hybridized carbons (Fsp3) is 0.333. The fourth-order valence-corrected chi connectivity index (χ4v) is 3.10. The average molecular weight is 448 g/mol. The molecule has 0 heterocycles. The Morgan fingerprint density at radius 3 is 2.50 bits per heavy atom. The maximum atomic E-state index is 12.1. The van der Waals surface area contributed by atoms with Crippen LogP contribution in [0.15, 0.2) is 46.9 Å². The molecule has 0 aromatic heterocycles. The molecule has 0 saturated carbocycles. The van der Waals surface area contributed by atoms with E-state index in [-0.39, 0.29) is 30.9 Å². The van der Waals surface area contributed by atoms with Crippen molar-refractivity contribution in [2.75, 3.05) is 18.5 Å². The van der Waals surface area contributed by atoms with E-state index in [0.717, 1.165) is 27.0 Å². The minimum atomic E-state index is -0.311. The molecule has 1 unspecified atom stereocenters. The van der Waals surface area contributed by atoms with Gasteiger partial charge in [0.1, 0.15) is 5.75 Å². The molecule has 2 rings (SSSR count). The third-order valence-corrected chi connectivity index (χ3v) is 4.63. The first-order valence-corrected chi connectivity index (χ1v) is 10.0. The van der Waals surface area contributed by atoms with Crippen LogP contribution in [0.3, 0.4) is 0 Å². The third-order valence-electron chi connectivity index (χ3n) is 4.14. The van der Waals surface area contributed by atoms with Crippen LogP contribution in [-0.4, -0.2) is 25.1 Å². The van der Waals surface area contributed by atoms with Crippen LogP contribution in [-0.2, 0) is 4.79 Å². The molecule has 28 heavy (non-hydrogen) atoms. The molecule has 1 atom stereocenters. The number of carbonyl (C=O) groups excluding carboxylic acids is 2. The van der Waals surface area contributed by atoms with Gasteiger partial charge in [0.2, 0.25) is 5.91 Å². The Balaban J connectivity index is 1.73. The lowest BCUT2D eigenvalue weighted by Gasteiger charge is -2.15. The van der Waals surface area contributed by atoms with Crippen molar-refractivity contribution in [3.8, 4) is 5.75 Å². The van der Waals surface area contributed by atoms with Gasteiger partial charge in [0.15, 0.2) is 0 Å². The normalized spacial score (nSPS) is 11.4. The molecule has 0 bridgehead atoms. The SMILES string of the molecule is CCOc1ccc(C(C)NC(=O)NCCC(=O)Nc2ccc(Br)cc2C)cc1. The number of hydrogen-bond donors (Lipinski definition) is 3. The Morgan fingerprint density at radius 2 is 1.86 bits per heavy atom. The van der Waals surface area contributed by atoms with Crippen molar-refractivity contribution >= 4 is 33.6 Å². The van der Waals surface area contributed by atoms with Crippen LogP contribution in [0.2, 0.25) is 0 Å². The summed E-state index contributed by atoms with van der Waals surface area (Å²) in [6.45, 7) is 6.63. The number of rotatable bonds is 8. The first-order chi connectivity index (χ1) is 13.4. The van der Waals surface area contributed by atoms with Crippen LogP contribution in [0.1, 0.15) is 37.4 Å². The summed E-state index contributed by atoms with van der Waals surface area (Å²) in [5.74, 6) is 0.653. The van der Waals surface area contributed by atoms with E-state index in [1.54, 1.807) is 0 Å². The standard InChI is InChI=1S/C21H26BrN3O3/c1-4-28-18-8-5-16(6-9-18)15(3)24-21(27)23-12-11-20(26)25-19-10-7-17(22)13-14(19)2/h5-10,13,15H,4,11-12H2,1-3H3,(H,25,26)(H2,23,24,27). The molecule has 0 saturated heterocycles. The number of amides is 3. The van der Waals surface area contributed by atoms with Gasteiger partial charge in [-0.2, -0.15) is 0 Å². The van der Waals surface area contributed by atoms with Crippen molar-refractivity contribution < 1.29 is 14.3 Å². The summed E-state index contributed by atoms with van der Waals surface area (Å²) in [4.78, 5) is 24.1. The lowest BCUT2D eigenvalue weighted by Crippen LogP contribution is -2.38. The number of anilines is 1. The van der Waals surface area contributed by atoms with E-state index in [4.69, 9.17) is 4.74 Å². The van der Waals surface area contributed by atoms with Gasteiger partial charge in [0.05, 0.1) is 12.6 Å². The number of hydrogen-bond acceptors (Lipinski definition) is 3. The number of nitrogens with one attached hydrogen (secondary N) is 3. The first kappa shape index (κ1) is 21.8.